The first-order valence-electron chi connectivity index (χ1n) is 7.92. The normalized spacial score (nSPS) is 15.1. The van der Waals surface area contributed by atoms with E-state index in [4.69, 9.17) is 10.5 Å². The van der Waals surface area contributed by atoms with Gasteiger partial charge in [-0.1, -0.05) is 18.2 Å². The fourth-order valence-corrected chi connectivity index (χ4v) is 2.69. The Morgan fingerprint density at radius 2 is 1.88 bits per heavy atom. The first-order chi connectivity index (χ1) is 10.5. The van der Waals surface area contributed by atoms with E-state index in [1.165, 1.54) is 0 Å². The van der Waals surface area contributed by atoms with Gasteiger partial charge in [-0.2, -0.15) is 0 Å². The van der Waals surface area contributed by atoms with Gasteiger partial charge in [0, 0.05) is 37.3 Å². The number of ether oxygens (including phenoxy) is 1. The minimum absolute atomic E-state index is 0. The van der Waals surface area contributed by atoms with Crippen molar-refractivity contribution in [2.45, 2.75) is 32.2 Å². The Morgan fingerprint density at radius 1 is 1.25 bits per heavy atom. The summed E-state index contributed by atoms with van der Waals surface area (Å²) in [4.78, 5) is 14.4. The Hall–Kier alpha value is -1.01. The zero-order valence-corrected chi connectivity index (χ0v) is 16.0. The number of carbonyl (C=O) groups is 1. The molecule has 1 aliphatic heterocycles. The van der Waals surface area contributed by atoms with Gasteiger partial charge in [0.05, 0.1) is 13.2 Å². The van der Waals surface area contributed by atoms with Gasteiger partial charge in [-0.25, -0.2) is 0 Å². The number of halogens is 2. The van der Waals surface area contributed by atoms with Crippen molar-refractivity contribution in [1.29, 1.82) is 0 Å². The summed E-state index contributed by atoms with van der Waals surface area (Å²) in [5.74, 6) is 0.0737. The molecule has 24 heavy (non-hydrogen) atoms. The monoisotopic (exact) mass is 377 g/mol. The Balaban J connectivity index is 0.00000264. The minimum atomic E-state index is -0.0504. The van der Waals surface area contributed by atoms with Crippen LogP contribution in [0, 0.1) is 0 Å². The molecule has 1 aromatic rings. The number of nitrogens with zero attached hydrogens (tertiary/aromatic N) is 1. The molecule has 0 radical (unpaired) electrons. The first-order valence-corrected chi connectivity index (χ1v) is 7.92. The lowest BCUT2D eigenvalue weighted by Crippen LogP contribution is -2.55. The van der Waals surface area contributed by atoms with Gasteiger partial charge >= 0.3 is 0 Å². The van der Waals surface area contributed by atoms with Gasteiger partial charge in [-0.3, -0.25) is 9.69 Å². The third-order valence-corrected chi connectivity index (χ3v) is 4.26. The zero-order chi connectivity index (χ0) is 16.0. The number of para-hydroxylation sites is 1. The maximum absolute atomic E-state index is 12.1. The van der Waals surface area contributed by atoms with Crippen LogP contribution in [0.1, 0.15) is 25.8 Å². The van der Waals surface area contributed by atoms with E-state index in [1.54, 1.807) is 0 Å². The van der Waals surface area contributed by atoms with Crippen molar-refractivity contribution >= 4 is 36.4 Å². The Kier molecular flexibility index (Phi) is 10.3. The molecule has 3 N–H and O–H groups in total. The lowest BCUT2D eigenvalue weighted by molar-refractivity contribution is -0.121. The van der Waals surface area contributed by atoms with Gasteiger partial charge < -0.3 is 15.8 Å². The highest BCUT2D eigenvalue weighted by atomic mass is 35.5. The zero-order valence-electron chi connectivity index (χ0n) is 14.4. The number of nitrogen functional groups attached to an aromatic ring is 1. The molecule has 1 fully saturated rings. The lowest BCUT2D eigenvalue weighted by atomic mass is 10.0. The predicted octanol–water partition coefficient (Wildman–Crippen LogP) is 2.27. The molecule has 138 valence electrons. The standard InChI is InChI=1S/C17H27N3O2.2ClH/c1-17(2,20-9-11-22-12-10-20)13-19-16(21)8-7-14-5-3-4-6-15(14)18;;/h3-6H,7-13,18H2,1-2H3,(H,19,21);2*1H. The number of nitrogens with two attached hydrogens (primary N) is 1. The van der Waals surface area contributed by atoms with Crippen molar-refractivity contribution in [1.82, 2.24) is 10.2 Å². The fourth-order valence-electron chi connectivity index (χ4n) is 2.69. The highest BCUT2D eigenvalue weighted by Crippen LogP contribution is 2.16. The third-order valence-electron chi connectivity index (χ3n) is 4.26. The van der Waals surface area contributed by atoms with Gasteiger partial charge in [0.15, 0.2) is 0 Å². The van der Waals surface area contributed by atoms with Crippen LogP contribution in [-0.4, -0.2) is 49.2 Å². The molecule has 7 heteroatoms. The molecular formula is C17H29Cl2N3O2. The second-order valence-corrected chi connectivity index (χ2v) is 6.39. The van der Waals surface area contributed by atoms with E-state index in [-0.39, 0.29) is 36.3 Å². The molecule has 0 saturated carbocycles. The molecule has 0 aliphatic carbocycles. The summed E-state index contributed by atoms with van der Waals surface area (Å²) < 4.78 is 5.38. The van der Waals surface area contributed by atoms with Crippen LogP contribution in [0.15, 0.2) is 24.3 Å². The highest BCUT2D eigenvalue weighted by Gasteiger charge is 2.28. The van der Waals surface area contributed by atoms with Crippen molar-refractivity contribution < 1.29 is 9.53 Å². The minimum Gasteiger partial charge on any atom is -0.399 e. The van der Waals surface area contributed by atoms with Gasteiger partial charge in [0.1, 0.15) is 0 Å². The number of rotatable bonds is 6. The molecule has 0 unspecified atom stereocenters. The van der Waals surface area contributed by atoms with Gasteiger partial charge in [0.25, 0.3) is 0 Å². The van der Waals surface area contributed by atoms with Crippen LogP contribution < -0.4 is 11.1 Å². The molecule has 0 aromatic heterocycles. The molecule has 1 aromatic carbocycles. The van der Waals surface area contributed by atoms with Crippen LogP contribution in [0.3, 0.4) is 0 Å². The largest absolute Gasteiger partial charge is 0.399 e. The molecule has 1 saturated heterocycles. The van der Waals surface area contributed by atoms with Crippen molar-refractivity contribution in [3.05, 3.63) is 29.8 Å². The average Bonchev–Trinajstić information content (AvgIpc) is 2.53. The smallest absolute Gasteiger partial charge is 0.220 e. The van der Waals surface area contributed by atoms with Gasteiger partial charge in [-0.15, -0.1) is 24.8 Å². The van der Waals surface area contributed by atoms with E-state index in [0.29, 0.717) is 19.4 Å². The summed E-state index contributed by atoms with van der Waals surface area (Å²) in [6, 6.07) is 7.70. The summed E-state index contributed by atoms with van der Waals surface area (Å²) in [6.45, 7) is 8.35. The Labute approximate surface area is 157 Å². The van der Waals surface area contributed by atoms with Crippen molar-refractivity contribution in [2.24, 2.45) is 0 Å². The second-order valence-electron chi connectivity index (χ2n) is 6.39. The Morgan fingerprint density at radius 3 is 2.50 bits per heavy atom. The van der Waals surface area contributed by atoms with E-state index in [2.05, 4.69) is 24.1 Å². The molecular weight excluding hydrogens is 349 g/mol. The average molecular weight is 378 g/mol. The maximum Gasteiger partial charge on any atom is 0.220 e. The van der Waals surface area contributed by atoms with Crippen LogP contribution >= 0.6 is 24.8 Å². The summed E-state index contributed by atoms with van der Waals surface area (Å²) in [6.07, 6.45) is 1.14. The number of morpholine rings is 1. The quantitative estimate of drug-likeness (QED) is 0.746. The van der Waals surface area contributed by atoms with Crippen LogP contribution in [-0.2, 0) is 16.0 Å². The highest BCUT2D eigenvalue weighted by molar-refractivity contribution is 5.85. The van der Waals surface area contributed by atoms with Crippen LogP contribution in [0.5, 0.6) is 0 Å². The first kappa shape index (κ1) is 23.0. The Bertz CT molecular complexity index is 506. The van der Waals surface area contributed by atoms with Crippen LogP contribution in [0.4, 0.5) is 5.69 Å². The molecule has 1 aliphatic rings. The van der Waals surface area contributed by atoms with Gasteiger partial charge in [-0.05, 0) is 31.9 Å². The fraction of sp³-hybridized carbons (Fsp3) is 0.588. The topological polar surface area (TPSA) is 67.6 Å². The lowest BCUT2D eigenvalue weighted by Gasteiger charge is -2.40. The summed E-state index contributed by atoms with van der Waals surface area (Å²) in [5, 5.41) is 3.05. The number of hydrogen-bond donors (Lipinski definition) is 2. The van der Waals surface area contributed by atoms with Crippen molar-refractivity contribution in [3.63, 3.8) is 0 Å². The molecule has 5 nitrogen and oxygen atoms in total. The number of benzene rings is 1. The number of nitrogens with one attached hydrogen (secondary N) is 1. The molecule has 2 rings (SSSR count). The second kappa shape index (κ2) is 10.8. The number of aryl methyl sites for hydroxylation is 1. The third kappa shape index (κ3) is 6.85. The number of amides is 1. The number of anilines is 1. The molecule has 0 spiro atoms. The van der Waals surface area contributed by atoms with E-state index in [0.717, 1.165) is 37.6 Å². The summed E-state index contributed by atoms with van der Waals surface area (Å²) in [7, 11) is 0. The van der Waals surface area contributed by atoms with E-state index in [9.17, 15) is 4.79 Å². The molecule has 1 heterocycles. The SMILES string of the molecule is CC(C)(CNC(=O)CCc1ccccc1N)N1CCOCC1.Cl.Cl. The number of hydrogen-bond acceptors (Lipinski definition) is 4. The number of carbonyl (C=O) groups excluding carboxylic acids is 1. The van der Waals surface area contributed by atoms with Crippen molar-refractivity contribution in [2.75, 3.05) is 38.6 Å². The van der Waals surface area contributed by atoms with E-state index >= 15 is 0 Å². The molecule has 1 amide bonds. The van der Waals surface area contributed by atoms with E-state index in [1.807, 2.05) is 24.3 Å². The maximum atomic E-state index is 12.1. The van der Waals surface area contributed by atoms with Crippen LogP contribution in [0.2, 0.25) is 0 Å². The summed E-state index contributed by atoms with van der Waals surface area (Å²) >= 11 is 0. The van der Waals surface area contributed by atoms with Gasteiger partial charge in [0.2, 0.25) is 5.91 Å². The summed E-state index contributed by atoms with van der Waals surface area (Å²) in [5.41, 5.74) is 7.63. The predicted molar refractivity (Wildman–Crippen MR) is 103 cm³/mol. The van der Waals surface area contributed by atoms with E-state index < -0.39 is 0 Å². The molecule has 0 bridgehead atoms. The van der Waals surface area contributed by atoms with Crippen LogP contribution in [0.25, 0.3) is 0 Å². The van der Waals surface area contributed by atoms with Crippen molar-refractivity contribution in [3.8, 4) is 0 Å². The molecule has 0 atom stereocenters.